The summed E-state index contributed by atoms with van der Waals surface area (Å²) in [7, 11) is 0. The molecular formula is C8H15N3O3. The summed E-state index contributed by atoms with van der Waals surface area (Å²) in [6.07, 6.45) is 0.763. The maximum Gasteiger partial charge on any atom is 0.250 e. The summed E-state index contributed by atoms with van der Waals surface area (Å²) in [5.41, 5.74) is 6.61. The van der Waals surface area contributed by atoms with Gasteiger partial charge in [0.15, 0.2) is 6.61 Å². The maximum atomic E-state index is 11.5. The number of amides is 2. The summed E-state index contributed by atoms with van der Waals surface area (Å²) in [4.78, 5) is 26.5. The normalized spacial score (nSPS) is 26.1. The van der Waals surface area contributed by atoms with Crippen LogP contribution in [0.2, 0.25) is 0 Å². The molecule has 4 N–H and O–H groups in total. The molecule has 1 unspecified atom stereocenters. The number of carbonyl (C=O) groups is 2. The van der Waals surface area contributed by atoms with Crippen LogP contribution in [0.15, 0.2) is 0 Å². The third-order valence-corrected chi connectivity index (χ3v) is 2.30. The van der Waals surface area contributed by atoms with Gasteiger partial charge in [0.05, 0.1) is 5.41 Å². The van der Waals surface area contributed by atoms with Crippen LogP contribution in [0.3, 0.4) is 0 Å². The van der Waals surface area contributed by atoms with Gasteiger partial charge in [-0.3, -0.25) is 14.4 Å². The quantitative estimate of drug-likeness (QED) is 0.483. The van der Waals surface area contributed by atoms with Gasteiger partial charge in [0.2, 0.25) is 5.91 Å². The van der Waals surface area contributed by atoms with Crippen LogP contribution in [0.1, 0.15) is 13.3 Å². The molecule has 80 valence electrons. The van der Waals surface area contributed by atoms with Gasteiger partial charge < -0.3 is 11.1 Å². The van der Waals surface area contributed by atoms with Gasteiger partial charge in [-0.1, -0.05) is 0 Å². The first kappa shape index (κ1) is 10.9. The molecule has 1 fully saturated rings. The van der Waals surface area contributed by atoms with Crippen LogP contribution in [-0.2, 0) is 14.4 Å². The molecule has 14 heavy (non-hydrogen) atoms. The van der Waals surface area contributed by atoms with Crippen molar-refractivity contribution < 1.29 is 14.4 Å². The van der Waals surface area contributed by atoms with Crippen LogP contribution in [0.5, 0.6) is 0 Å². The van der Waals surface area contributed by atoms with Gasteiger partial charge in [-0.2, -0.15) is 0 Å². The van der Waals surface area contributed by atoms with E-state index >= 15 is 0 Å². The van der Waals surface area contributed by atoms with E-state index in [1.165, 1.54) is 0 Å². The van der Waals surface area contributed by atoms with Gasteiger partial charge in [0.1, 0.15) is 0 Å². The van der Waals surface area contributed by atoms with E-state index in [0.29, 0.717) is 6.54 Å². The van der Waals surface area contributed by atoms with Gasteiger partial charge in [0, 0.05) is 6.54 Å². The van der Waals surface area contributed by atoms with Crippen molar-refractivity contribution in [1.29, 1.82) is 0 Å². The van der Waals surface area contributed by atoms with Gasteiger partial charge in [0.25, 0.3) is 5.91 Å². The average Bonchev–Trinajstić information content (AvgIpc) is 2.52. The van der Waals surface area contributed by atoms with Crippen LogP contribution < -0.4 is 16.5 Å². The second kappa shape index (κ2) is 4.39. The van der Waals surface area contributed by atoms with Gasteiger partial charge >= 0.3 is 0 Å². The molecule has 1 aliphatic rings. The van der Waals surface area contributed by atoms with Crippen molar-refractivity contribution in [3.8, 4) is 0 Å². The molecule has 0 aromatic rings. The maximum absolute atomic E-state index is 11.5. The SMILES string of the molecule is CC1(C(=O)NOCC(N)=O)CCNC1. The summed E-state index contributed by atoms with van der Waals surface area (Å²) in [5, 5.41) is 3.08. The Hall–Kier alpha value is -1.14. The highest BCUT2D eigenvalue weighted by molar-refractivity contribution is 5.82. The third kappa shape index (κ3) is 2.68. The fourth-order valence-corrected chi connectivity index (χ4v) is 1.31. The zero-order valence-corrected chi connectivity index (χ0v) is 8.13. The van der Waals surface area contributed by atoms with Crippen molar-refractivity contribution >= 4 is 11.8 Å². The fraction of sp³-hybridized carbons (Fsp3) is 0.750. The summed E-state index contributed by atoms with van der Waals surface area (Å²) >= 11 is 0. The van der Waals surface area contributed by atoms with Gasteiger partial charge in [-0.05, 0) is 19.9 Å². The second-order valence-electron chi connectivity index (χ2n) is 3.67. The van der Waals surface area contributed by atoms with E-state index in [1.54, 1.807) is 0 Å². The molecule has 0 aromatic heterocycles. The van der Waals surface area contributed by atoms with Crippen molar-refractivity contribution in [3.05, 3.63) is 0 Å². The molecule has 0 saturated carbocycles. The fourth-order valence-electron chi connectivity index (χ4n) is 1.31. The molecule has 1 atom stereocenters. The number of carbonyl (C=O) groups excluding carboxylic acids is 2. The lowest BCUT2D eigenvalue weighted by Gasteiger charge is -2.20. The number of hydrogen-bond acceptors (Lipinski definition) is 4. The highest BCUT2D eigenvalue weighted by atomic mass is 16.7. The van der Waals surface area contributed by atoms with Crippen LogP contribution in [0.4, 0.5) is 0 Å². The van der Waals surface area contributed by atoms with E-state index in [9.17, 15) is 9.59 Å². The summed E-state index contributed by atoms with van der Waals surface area (Å²) in [6, 6.07) is 0. The zero-order valence-electron chi connectivity index (χ0n) is 8.13. The molecule has 0 spiro atoms. The Bertz CT molecular complexity index is 236. The van der Waals surface area contributed by atoms with Crippen LogP contribution in [0.25, 0.3) is 0 Å². The monoisotopic (exact) mass is 201 g/mol. The Kier molecular flexibility index (Phi) is 3.43. The predicted octanol–water partition coefficient (Wildman–Crippen LogP) is -1.48. The minimum Gasteiger partial charge on any atom is -0.368 e. The number of primary amides is 1. The number of hydrogen-bond donors (Lipinski definition) is 3. The molecule has 0 radical (unpaired) electrons. The molecule has 1 heterocycles. The molecule has 0 aliphatic carbocycles. The molecule has 1 saturated heterocycles. The minimum atomic E-state index is -0.611. The first-order valence-electron chi connectivity index (χ1n) is 4.46. The van der Waals surface area contributed by atoms with Gasteiger partial charge in [-0.15, -0.1) is 0 Å². The summed E-state index contributed by atoms with van der Waals surface area (Å²) < 4.78 is 0. The first-order valence-corrected chi connectivity index (χ1v) is 4.46. The second-order valence-corrected chi connectivity index (χ2v) is 3.67. The van der Waals surface area contributed by atoms with E-state index in [0.717, 1.165) is 13.0 Å². The lowest BCUT2D eigenvalue weighted by molar-refractivity contribution is -0.145. The molecule has 1 aliphatic heterocycles. The Morgan fingerprint density at radius 2 is 2.36 bits per heavy atom. The van der Waals surface area contributed by atoms with Crippen molar-refractivity contribution in [2.75, 3.05) is 19.7 Å². The van der Waals surface area contributed by atoms with E-state index in [4.69, 9.17) is 5.73 Å². The van der Waals surface area contributed by atoms with Crippen LogP contribution in [-0.4, -0.2) is 31.5 Å². The minimum absolute atomic E-state index is 0.219. The number of rotatable bonds is 4. The zero-order chi connectivity index (χ0) is 10.6. The molecule has 0 bridgehead atoms. The van der Waals surface area contributed by atoms with Crippen molar-refractivity contribution in [1.82, 2.24) is 10.8 Å². The highest BCUT2D eigenvalue weighted by Crippen LogP contribution is 2.24. The lowest BCUT2D eigenvalue weighted by Crippen LogP contribution is -2.41. The Balaban J connectivity index is 2.30. The molecule has 0 aromatic carbocycles. The van der Waals surface area contributed by atoms with Gasteiger partial charge in [-0.25, -0.2) is 5.48 Å². The van der Waals surface area contributed by atoms with Crippen molar-refractivity contribution in [3.63, 3.8) is 0 Å². The topological polar surface area (TPSA) is 93.4 Å². The Labute approximate surface area is 82.1 Å². The third-order valence-electron chi connectivity index (χ3n) is 2.30. The van der Waals surface area contributed by atoms with E-state index in [2.05, 4.69) is 15.6 Å². The van der Waals surface area contributed by atoms with Crippen molar-refractivity contribution in [2.45, 2.75) is 13.3 Å². The average molecular weight is 201 g/mol. The number of nitrogens with one attached hydrogen (secondary N) is 2. The predicted molar refractivity (Wildman–Crippen MR) is 48.9 cm³/mol. The van der Waals surface area contributed by atoms with E-state index in [1.807, 2.05) is 6.92 Å². The molecule has 1 rings (SSSR count). The summed E-state index contributed by atoms with van der Waals surface area (Å²) in [5.74, 6) is -0.830. The van der Waals surface area contributed by atoms with E-state index < -0.39 is 11.3 Å². The van der Waals surface area contributed by atoms with Crippen molar-refractivity contribution in [2.24, 2.45) is 11.1 Å². The number of nitrogens with two attached hydrogens (primary N) is 1. The molecule has 6 heteroatoms. The lowest BCUT2D eigenvalue weighted by atomic mass is 9.89. The van der Waals surface area contributed by atoms with Crippen LogP contribution >= 0.6 is 0 Å². The first-order chi connectivity index (χ1) is 6.54. The Morgan fingerprint density at radius 1 is 1.64 bits per heavy atom. The largest absolute Gasteiger partial charge is 0.368 e. The molecule has 2 amide bonds. The molecular weight excluding hydrogens is 186 g/mol. The number of hydroxylamine groups is 1. The van der Waals surface area contributed by atoms with Crippen LogP contribution in [0, 0.1) is 5.41 Å². The standard InChI is InChI=1S/C8H15N3O3/c1-8(2-3-10-5-8)7(13)11-14-4-6(9)12/h10H,2-5H2,1H3,(H2,9,12)(H,11,13). The summed E-state index contributed by atoms with van der Waals surface area (Å²) in [6.45, 7) is 2.99. The highest BCUT2D eigenvalue weighted by Gasteiger charge is 2.36. The Morgan fingerprint density at radius 3 is 2.86 bits per heavy atom. The molecule has 6 nitrogen and oxygen atoms in total. The smallest absolute Gasteiger partial charge is 0.250 e. The van der Waals surface area contributed by atoms with E-state index in [-0.39, 0.29) is 12.5 Å².